The first kappa shape index (κ1) is 23.6. The van der Waals surface area contributed by atoms with Gasteiger partial charge in [0.25, 0.3) is 0 Å². The maximum atomic E-state index is 13.7. The third-order valence-corrected chi connectivity index (χ3v) is 3.48. The summed E-state index contributed by atoms with van der Waals surface area (Å²) in [5, 5.41) is 22.2. The molecule has 1 aromatic rings. The molecule has 11 heteroatoms. The van der Waals surface area contributed by atoms with Crippen molar-refractivity contribution in [3.8, 4) is 0 Å². The molecule has 0 aromatic heterocycles. The van der Waals surface area contributed by atoms with Crippen LogP contribution in [-0.2, 0) is 22.1 Å². The number of amides is 1. The van der Waals surface area contributed by atoms with Crippen LogP contribution < -0.4 is 10.4 Å². The number of carbonyl (C=O) groups is 2. The van der Waals surface area contributed by atoms with Crippen molar-refractivity contribution in [3.63, 3.8) is 0 Å². The van der Waals surface area contributed by atoms with Crippen LogP contribution in [-0.4, -0.2) is 28.7 Å². The Morgan fingerprint density at radius 1 is 1.18 bits per heavy atom. The number of aliphatic hydroxyl groups is 1. The van der Waals surface area contributed by atoms with Gasteiger partial charge in [0.15, 0.2) is 6.10 Å². The van der Waals surface area contributed by atoms with Gasteiger partial charge in [0.05, 0.1) is 11.3 Å². The molecular formula is C17H19F5NO5-. The molecule has 1 amide bonds. The van der Waals surface area contributed by atoms with Gasteiger partial charge in [-0.1, -0.05) is 13.0 Å². The van der Waals surface area contributed by atoms with E-state index in [0.29, 0.717) is 6.07 Å². The predicted octanol–water partition coefficient (Wildman–Crippen LogP) is 3.03. The summed E-state index contributed by atoms with van der Waals surface area (Å²) in [6, 6.07) is 1.35. The molecule has 0 spiro atoms. The smallest absolute Gasteiger partial charge is 0.418 e. The molecule has 0 aliphatic heterocycles. The molecule has 0 aliphatic rings. The van der Waals surface area contributed by atoms with Crippen LogP contribution in [0.4, 0.5) is 32.4 Å². The van der Waals surface area contributed by atoms with Crippen molar-refractivity contribution < 1.29 is 46.5 Å². The summed E-state index contributed by atoms with van der Waals surface area (Å²) in [6.07, 6.45) is -9.78. The maximum Gasteiger partial charge on any atom is 0.418 e. The predicted molar refractivity (Wildman–Crippen MR) is 85.6 cm³/mol. The van der Waals surface area contributed by atoms with E-state index in [9.17, 15) is 41.8 Å². The molecule has 0 bridgehead atoms. The lowest BCUT2D eigenvalue weighted by Crippen LogP contribution is -2.46. The molecule has 0 saturated heterocycles. The molecule has 0 heterocycles. The van der Waals surface area contributed by atoms with Crippen molar-refractivity contribution >= 4 is 17.7 Å². The van der Waals surface area contributed by atoms with Gasteiger partial charge in [0.2, 0.25) is 0 Å². The van der Waals surface area contributed by atoms with Crippen LogP contribution in [0.25, 0.3) is 0 Å². The zero-order chi connectivity index (χ0) is 22.1. The van der Waals surface area contributed by atoms with Gasteiger partial charge in [-0.3, -0.25) is 5.32 Å². The molecular weight excluding hydrogens is 393 g/mol. The number of carbonyl (C=O) groups excluding carboxylic acids is 2. The van der Waals surface area contributed by atoms with Crippen LogP contribution in [0.1, 0.15) is 50.5 Å². The molecule has 0 saturated carbocycles. The molecule has 1 rings (SSSR count). The highest BCUT2D eigenvalue weighted by molar-refractivity contribution is 5.88. The van der Waals surface area contributed by atoms with E-state index in [1.807, 2.05) is 0 Å². The zero-order valence-electron chi connectivity index (χ0n) is 15.4. The summed E-state index contributed by atoms with van der Waals surface area (Å²) >= 11 is 0. The largest absolute Gasteiger partial charge is 0.544 e. The monoisotopic (exact) mass is 412 g/mol. The summed E-state index contributed by atoms with van der Waals surface area (Å²) in [4.78, 5) is 22.6. The van der Waals surface area contributed by atoms with Crippen molar-refractivity contribution in [2.75, 3.05) is 5.32 Å². The molecule has 1 atom stereocenters. The van der Waals surface area contributed by atoms with E-state index in [-0.39, 0.29) is 12.0 Å². The van der Waals surface area contributed by atoms with Crippen molar-refractivity contribution in [2.45, 2.75) is 57.9 Å². The average Bonchev–Trinajstić information content (AvgIpc) is 2.51. The Bertz CT molecular complexity index is 756. The number of carboxylic acids is 1. The fourth-order valence-corrected chi connectivity index (χ4v) is 2.22. The van der Waals surface area contributed by atoms with Crippen molar-refractivity contribution in [1.29, 1.82) is 0 Å². The summed E-state index contributed by atoms with van der Waals surface area (Å²) in [6.45, 7) is 5.66. The van der Waals surface area contributed by atoms with E-state index in [1.165, 1.54) is 27.7 Å². The van der Waals surface area contributed by atoms with E-state index in [2.05, 4.69) is 0 Å². The number of ether oxygens (including phenoxy) is 1. The number of aryl methyl sites for hydroxylation is 1. The van der Waals surface area contributed by atoms with E-state index in [4.69, 9.17) is 4.74 Å². The summed E-state index contributed by atoms with van der Waals surface area (Å²) in [7, 11) is 0. The van der Waals surface area contributed by atoms with Gasteiger partial charge in [-0.05, 0) is 38.8 Å². The number of anilines is 1. The third kappa shape index (κ3) is 5.54. The molecule has 158 valence electrons. The number of hydrogen-bond donors (Lipinski definition) is 2. The van der Waals surface area contributed by atoms with Gasteiger partial charge in [-0.25, -0.2) is 4.79 Å². The second-order valence-corrected chi connectivity index (χ2v) is 6.90. The molecule has 0 radical (unpaired) electrons. The number of hydrogen-bond acceptors (Lipinski definition) is 5. The topological polar surface area (TPSA) is 98.7 Å². The van der Waals surface area contributed by atoms with Gasteiger partial charge < -0.3 is 19.7 Å². The maximum absolute atomic E-state index is 13.7. The van der Waals surface area contributed by atoms with Gasteiger partial charge in [-0.15, -0.1) is 0 Å². The van der Waals surface area contributed by atoms with Gasteiger partial charge in [0, 0.05) is 5.56 Å². The lowest BCUT2D eigenvalue weighted by atomic mass is 9.94. The minimum Gasteiger partial charge on any atom is -0.544 e. The van der Waals surface area contributed by atoms with Crippen LogP contribution in [0.3, 0.4) is 0 Å². The highest BCUT2D eigenvalue weighted by Gasteiger charge is 2.45. The molecule has 2 N–H and O–H groups in total. The van der Waals surface area contributed by atoms with Crippen molar-refractivity contribution in [3.05, 3.63) is 28.8 Å². The van der Waals surface area contributed by atoms with Crippen LogP contribution in [0, 0.1) is 0 Å². The lowest BCUT2D eigenvalue weighted by Gasteiger charge is -2.28. The Morgan fingerprint density at radius 2 is 1.71 bits per heavy atom. The normalized spacial score (nSPS) is 13.8. The van der Waals surface area contributed by atoms with Gasteiger partial charge in [0.1, 0.15) is 11.6 Å². The Hall–Kier alpha value is -2.43. The standard InChI is InChI=1S/C17H20F5NO5/c1-5-8-6-9(12(24)16(18,19)13(25)26)11(10(7-8)17(20,21)22)23-14(27)28-15(2,3)4/h6-7,12,24H,5H2,1-4H3,(H,23,27)(H,25,26)/p-1. The first-order chi connectivity index (χ1) is 12.5. The van der Waals surface area contributed by atoms with Crippen molar-refractivity contribution in [2.24, 2.45) is 0 Å². The van der Waals surface area contributed by atoms with Crippen LogP contribution in [0.5, 0.6) is 0 Å². The molecule has 0 aliphatic carbocycles. The molecule has 1 unspecified atom stereocenters. The molecule has 6 nitrogen and oxygen atoms in total. The lowest BCUT2D eigenvalue weighted by molar-refractivity contribution is -0.336. The molecule has 1 aromatic carbocycles. The number of aliphatic carboxylic acids is 1. The summed E-state index contributed by atoms with van der Waals surface area (Å²) in [5.41, 5.74) is -5.15. The number of alkyl halides is 5. The Balaban J connectivity index is 3.67. The second-order valence-electron chi connectivity index (χ2n) is 6.90. The quantitative estimate of drug-likeness (QED) is 0.725. The SMILES string of the molecule is CCc1cc(C(O)C(F)(F)C(=O)[O-])c(NC(=O)OC(C)(C)C)c(C(F)(F)F)c1. The fourth-order valence-electron chi connectivity index (χ4n) is 2.22. The minimum atomic E-state index is -5.11. The van der Waals surface area contributed by atoms with Gasteiger partial charge >= 0.3 is 18.2 Å². The summed E-state index contributed by atoms with van der Waals surface area (Å²) < 4.78 is 72.7. The number of aliphatic hydroxyl groups excluding tert-OH is 1. The van der Waals surface area contributed by atoms with E-state index in [1.54, 1.807) is 5.32 Å². The minimum absolute atomic E-state index is 0.0492. The number of carboxylic acid groups (broad SMARTS) is 1. The van der Waals surface area contributed by atoms with E-state index >= 15 is 0 Å². The first-order valence-electron chi connectivity index (χ1n) is 8.02. The molecule has 28 heavy (non-hydrogen) atoms. The van der Waals surface area contributed by atoms with Crippen molar-refractivity contribution in [1.82, 2.24) is 0 Å². The summed E-state index contributed by atoms with van der Waals surface area (Å²) in [5.74, 6) is -7.90. The highest BCUT2D eigenvalue weighted by atomic mass is 19.4. The number of halogens is 5. The second kappa shape index (κ2) is 7.90. The molecule has 0 fully saturated rings. The first-order valence-corrected chi connectivity index (χ1v) is 8.02. The Labute approximate surface area is 157 Å². The number of rotatable bonds is 5. The van der Waals surface area contributed by atoms with Gasteiger partial charge in [-0.2, -0.15) is 22.0 Å². The fraction of sp³-hybridized carbons (Fsp3) is 0.529. The van der Waals surface area contributed by atoms with Crippen LogP contribution >= 0.6 is 0 Å². The number of nitrogens with one attached hydrogen (secondary N) is 1. The van der Waals surface area contributed by atoms with Crippen LogP contribution in [0.15, 0.2) is 12.1 Å². The zero-order valence-corrected chi connectivity index (χ0v) is 15.4. The Kier molecular flexibility index (Phi) is 6.66. The number of benzene rings is 1. The highest BCUT2D eigenvalue weighted by Crippen LogP contribution is 2.43. The third-order valence-electron chi connectivity index (χ3n) is 3.48. The van der Waals surface area contributed by atoms with Crippen LogP contribution in [0.2, 0.25) is 0 Å². The van der Waals surface area contributed by atoms with E-state index < -0.39 is 52.7 Å². The average molecular weight is 412 g/mol. The van der Waals surface area contributed by atoms with E-state index in [0.717, 1.165) is 6.07 Å². The Morgan fingerprint density at radius 3 is 2.11 bits per heavy atom.